The van der Waals surface area contributed by atoms with Crippen molar-refractivity contribution in [2.45, 2.75) is 46.3 Å². The first kappa shape index (κ1) is 18.0. The number of nitrogens with two attached hydrogens (primary N) is 1. The molecule has 3 rings (SSSR count). The van der Waals surface area contributed by atoms with Crippen LogP contribution in [0.1, 0.15) is 48.0 Å². The number of amides is 1. The number of carbonyl (C=O) groups excluding carboxylic acids is 2. The van der Waals surface area contributed by atoms with Crippen LogP contribution in [0.2, 0.25) is 0 Å². The van der Waals surface area contributed by atoms with Crippen LogP contribution in [0.25, 0.3) is 0 Å². The zero-order chi connectivity index (χ0) is 19.1. The maximum Gasteiger partial charge on any atom is 0.410 e. The summed E-state index contributed by atoms with van der Waals surface area (Å²) in [6.07, 6.45) is 0.155. The van der Waals surface area contributed by atoms with Crippen LogP contribution in [0.4, 0.5) is 10.6 Å². The van der Waals surface area contributed by atoms with Crippen molar-refractivity contribution in [1.29, 1.82) is 0 Å². The fraction of sp³-hybridized carbons (Fsp3) is 0.421. The Morgan fingerprint density at radius 2 is 2.00 bits per heavy atom. The molecular formula is C19H24N4O3. The van der Waals surface area contributed by atoms with Crippen LogP contribution < -0.4 is 5.73 Å². The molecule has 0 unspecified atom stereocenters. The molecular weight excluding hydrogens is 332 g/mol. The van der Waals surface area contributed by atoms with Gasteiger partial charge in [-0.15, -0.1) is 0 Å². The molecule has 2 heterocycles. The number of hydrogen-bond acceptors (Lipinski definition) is 5. The Balaban J connectivity index is 1.84. The third-order valence-electron chi connectivity index (χ3n) is 4.19. The Morgan fingerprint density at radius 3 is 2.65 bits per heavy atom. The standard InChI is InChI=1S/C19H24N4O3/c1-12-6-5-7-13(10-12)17(24)23-16(20)14-8-9-22(11-15(14)21-23)18(25)26-19(2,3)4/h5-7,10H,8-9,11,20H2,1-4H3. The highest BCUT2D eigenvalue weighted by atomic mass is 16.6. The summed E-state index contributed by atoms with van der Waals surface area (Å²) in [5, 5.41) is 4.38. The van der Waals surface area contributed by atoms with Gasteiger partial charge in [0.1, 0.15) is 11.4 Å². The predicted octanol–water partition coefficient (Wildman–Crippen LogP) is 2.76. The van der Waals surface area contributed by atoms with Crippen LogP contribution in [0.15, 0.2) is 24.3 Å². The summed E-state index contributed by atoms with van der Waals surface area (Å²) in [7, 11) is 0. The average Bonchev–Trinajstić information content (AvgIpc) is 2.89. The maximum atomic E-state index is 12.8. The molecule has 0 atom stereocenters. The molecule has 0 bridgehead atoms. The van der Waals surface area contributed by atoms with E-state index in [-0.39, 0.29) is 18.5 Å². The van der Waals surface area contributed by atoms with Gasteiger partial charge in [-0.3, -0.25) is 4.79 Å². The fourth-order valence-corrected chi connectivity index (χ4v) is 2.95. The molecule has 7 nitrogen and oxygen atoms in total. The Hall–Kier alpha value is -2.83. The van der Waals surface area contributed by atoms with E-state index in [1.165, 1.54) is 4.68 Å². The molecule has 26 heavy (non-hydrogen) atoms. The van der Waals surface area contributed by atoms with E-state index < -0.39 is 5.60 Å². The largest absolute Gasteiger partial charge is 0.444 e. The van der Waals surface area contributed by atoms with Gasteiger partial charge in [-0.2, -0.15) is 9.78 Å². The van der Waals surface area contributed by atoms with Crippen molar-refractivity contribution >= 4 is 17.8 Å². The summed E-state index contributed by atoms with van der Waals surface area (Å²) in [6.45, 7) is 8.17. The van der Waals surface area contributed by atoms with E-state index >= 15 is 0 Å². The molecule has 2 N–H and O–H groups in total. The molecule has 1 aliphatic rings. The summed E-state index contributed by atoms with van der Waals surface area (Å²) in [4.78, 5) is 26.6. The van der Waals surface area contributed by atoms with E-state index in [1.54, 1.807) is 17.0 Å². The molecule has 2 aromatic rings. The molecule has 0 saturated heterocycles. The minimum Gasteiger partial charge on any atom is -0.444 e. The number of fused-ring (bicyclic) bond motifs is 1. The van der Waals surface area contributed by atoms with Crippen molar-refractivity contribution in [1.82, 2.24) is 14.7 Å². The molecule has 0 spiro atoms. The lowest BCUT2D eigenvalue weighted by Gasteiger charge is -2.29. The SMILES string of the molecule is Cc1cccc(C(=O)n2nc3c(c2N)CCN(C(=O)OC(C)(C)C)C3)c1. The fourth-order valence-electron chi connectivity index (χ4n) is 2.95. The minimum absolute atomic E-state index is 0.274. The summed E-state index contributed by atoms with van der Waals surface area (Å²) >= 11 is 0. The first-order valence-corrected chi connectivity index (χ1v) is 8.61. The summed E-state index contributed by atoms with van der Waals surface area (Å²) < 4.78 is 6.65. The zero-order valence-corrected chi connectivity index (χ0v) is 15.6. The molecule has 0 radical (unpaired) electrons. The zero-order valence-electron chi connectivity index (χ0n) is 15.6. The summed E-state index contributed by atoms with van der Waals surface area (Å²) in [6, 6.07) is 7.29. The highest BCUT2D eigenvalue weighted by molar-refractivity contribution is 5.97. The average molecular weight is 356 g/mol. The van der Waals surface area contributed by atoms with Crippen molar-refractivity contribution in [3.63, 3.8) is 0 Å². The molecule has 0 fully saturated rings. The molecule has 0 saturated carbocycles. The quantitative estimate of drug-likeness (QED) is 0.848. The lowest BCUT2D eigenvalue weighted by molar-refractivity contribution is 0.0221. The third kappa shape index (κ3) is 3.56. The summed E-state index contributed by atoms with van der Waals surface area (Å²) in [5.41, 5.74) is 8.59. The Labute approximate surface area is 152 Å². The van der Waals surface area contributed by atoms with Gasteiger partial charge >= 0.3 is 6.09 Å². The van der Waals surface area contributed by atoms with Gasteiger partial charge in [-0.25, -0.2) is 4.79 Å². The highest BCUT2D eigenvalue weighted by Crippen LogP contribution is 2.26. The number of hydrogen-bond donors (Lipinski definition) is 1. The molecule has 1 aromatic heterocycles. The number of aryl methyl sites for hydroxylation is 1. The number of nitrogen functional groups attached to an aromatic ring is 1. The van der Waals surface area contributed by atoms with Gasteiger partial charge in [-0.1, -0.05) is 17.7 Å². The van der Waals surface area contributed by atoms with E-state index in [0.717, 1.165) is 11.1 Å². The Bertz CT molecular complexity index is 864. The van der Waals surface area contributed by atoms with E-state index in [2.05, 4.69) is 5.10 Å². The van der Waals surface area contributed by atoms with Gasteiger partial charge in [0, 0.05) is 17.7 Å². The van der Waals surface area contributed by atoms with Crippen LogP contribution in [0.3, 0.4) is 0 Å². The van der Waals surface area contributed by atoms with Crippen LogP contribution >= 0.6 is 0 Å². The first-order valence-electron chi connectivity index (χ1n) is 8.61. The molecule has 1 aromatic carbocycles. The Morgan fingerprint density at radius 1 is 1.27 bits per heavy atom. The number of anilines is 1. The van der Waals surface area contributed by atoms with Crippen LogP contribution in [0, 0.1) is 6.92 Å². The minimum atomic E-state index is -0.559. The molecule has 1 aliphatic heterocycles. The normalized spacial score (nSPS) is 14.1. The number of ether oxygens (including phenoxy) is 1. The third-order valence-corrected chi connectivity index (χ3v) is 4.19. The number of rotatable bonds is 1. The van der Waals surface area contributed by atoms with Crippen molar-refractivity contribution < 1.29 is 14.3 Å². The number of aromatic nitrogens is 2. The topological polar surface area (TPSA) is 90.5 Å². The molecule has 1 amide bonds. The molecule has 0 aliphatic carbocycles. The maximum absolute atomic E-state index is 12.8. The lowest BCUT2D eigenvalue weighted by atomic mass is 10.1. The lowest BCUT2D eigenvalue weighted by Crippen LogP contribution is -2.39. The Kier molecular flexibility index (Phi) is 4.48. The van der Waals surface area contributed by atoms with Gasteiger partial charge in [0.2, 0.25) is 0 Å². The smallest absolute Gasteiger partial charge is 0.410 e. The van der Waals surface area contributed by atoms with Crippen LogP contribution in [-0.2, 0) is 17.7 Å². The monoisotopic (exact) mass is 356 g/mol. The number of nitrogens with zero attached hydrogens (tertiary/aromatic N) is 3. The van der Waals surface area contributed by atoms with E-state index in [4.69, 9.17) is 10.5 Å². The van der Waals surface area contributed by atoms with Gasteiger partial charge in [0.25, 0.3) is 5.91 Å². The molecule has 7 heteroatoms. The van der Waals surface area contributed by atoms with E-state index in [1.807, 2.05) is 39.8 Å². The van der Waals surface area contributed by atoms with Gasteiger partial charge < -0.3 is 15.4 Å². The van der Waals surface area contributed by atoms with E-state index in [9.17, 15) is 9.59 Å². The van der Waals surface area contributed by atoms with Crippen LogP contribution in [-0.4, -0.2) is 38.8 Å². The van der Waals surface area contributed by atoms with Crippen LogP contribution in [0.5, 0.6) is 0 Å². The first-order chi connectivity index (χ1) is 12.2. The van der Waals surface area contributed by atoms with Gasteiger partial charge in [-0.05, 0) is 46.2 Å². The van der Waals surface area contributed by atoms with Crippen molar-refractivity contribution in [3.8, 4) is 0 Å². The van der Waals surface area contributed by atoms with Crippen molar-refractivity contribution in [2.24, 2.45) is 0 Å². The second-order valence-electron chi connectivity index (χ2n) is 7.55. The van der Waals surface area contributed by atoms with Crippen molar-refractivity contribution in [2.75, 3.05) is 12.3 Å². The van der Waals surface area contributed by atoms with Crippen molar-refractivity contribution in [3.05, 3.63) is 46.6 Å². The number of carbonyl (C=O) groups is 2. The van der Waals surface area contributed by atoms with E-state index in [0.29, 0.717) is 30.0 Å². The summed E-state index contributed by atoms with van der Waals surface area (Å²) in [5.74, 6) is 0.0692. The highest BCUT2D eigenvalue weighted by Gasteiger charge is 2.30. The number of benzene rings is 1. The van der Waals surface area contributed by atoms with Gasteiger partial charge in [0.05, 0.1) is 12.2 Å². The second kappa shape index (κ2) is 6.48. The second-order valence-corrected chi connectivity index (χ2v) is 7.55. The molecule has 138 valence electrons. The predicted molar refractivity (Wildman–Crippen MR) is 97.9 cm³/mol. The van der Waals surface area contributed by atoms with Gasteiger partial charge in [0.15, 0.2) is 0 Å².